The molecule has 3 aromatic rings. The first-order valence-corrected chi connectivity index (χ1v) is 9.81. The van der Waals surface area contributed by atoms with E-state index in [1.54, 1.807) is 25.1 Å². The molecule has 0 saturated carbocycles. The molecule has 172 valence electrons. The van der Waals surface area contributed by atoms with Crippen LogP contribution < -0.4 is 20.1 Å². The Hall–Kier alpha value is -4.02. The zero-order valence-electron chi connectivity index (χ0n) is 17.9. The standard InChI is InChI=1S/C22H20F3N5O3/c1-12-18(20(31)29-16-10-13(32-2)8-9-17(16)33-3)19(30-21(28-12)26-11-27-30)14-6-4-5-7-15(14)22(23,24)25/h4-11,19H,1-3H3,(H,29,31)(H,26,27,28)/t19-/m0/s1. The zero-order valence-corrected chi connectivity index (χ0v) is 17.9. The highest BCUT2D eigenvalue weighted by molar-refractivity contribution is 6.06. The molecule has 0 spiro atoms. The van der Waals surface area contributed by atoms with E-state index in [0.29, 0.717) is 22.9 Å². The summed E-state index contributed by atoms with van der Waals surface area (Å²) in [5.74, 6) is 0.427. The van der Waals surface area contributed by atoms with E-state index in [1.165, 1.54) is 43.4 Å². The summed E-state index contributed by atoms with van der Waals surface area (Å²) in [4.78, 5) is 17.5. The molecule has 0 unspecified atom stereocenters. The summed E-state index contributed by atoms with van der Waals surface area (Å²) in [6.45, 7) is 1.60. The Morgan fingerprint density at radius 1 is 1.15 bits per heavy atom. The number of halogens is 3. The Bertz CT molecular complexity index is 1240. The van der Waals surface area contributed by atoms with Crippen molar-refractivity contribution in [1.29, 1.82) is 0 Å². The van der Waals surface area contributed by atoms with Crippen LogP contribution in [0, 0.1) is 0 Å². The Kier molecular flexibility index (Phi) is 5.71. The molecule has 0 saturated heterocycles. The van der Waals surface area contributed by atoms with Crippen LogP contribution in [-0.4, -0.2) is 34.9 Å². The van der Waals surface area contributed by atoms with Gasteiger partial charge in [0.1, 0.15) is 23.9 Å². The molecule has 1 aliphatic heterocycles. The van der Waals surface area contributed by atoms with Crippen LogP contribution in [0.2, 0.25) is 0 Å². The molecule has 2 N–H and O–H groups in total. The number of hydrogen-bond acceptors (Lipinski definition) is 6. The molecule has 1 atom stereocenters. The number of anilines is 2. The highest BCUT2D eigenvalue weighted by Gasteiger charge is 2.40. The number of aromatic nitrogens is 3. The summed E-state index contributed by atoms with van der Waals surface area (Å²) < 4.78 is 53.3. The predicted molar refractivity (Wildman–Crippen MR) is 114 cm³/mol. The number of methoxy groups -OCH3 is 2. The second kappa shape index (κ2) is 8.49. The van der Waals surface area contributed by atoms with Crippen molar-refractivity contribution in [3.05, 3.63) is 71.2 Å². The molecule has 1 aromatic heterocycles. The Balaban J connectivity index is 1.83. The molecule has 0 bridgehead atoms. The van der Waals surface area contributed by atoms with Crippen molar-refractivity contribution in [2.75, 3.05) is 24.9 Å². The van der Waals surface area contributed by atoms with Gasteiger partial charge in [-0.2, -0.15) is 23.3 Å². The van der Waals surface area contributed by atoms with Crippen LogP contribution in [0.1, 0.15) is 24.1 Å². The van der Waals surface area contributed by atoms with E-state index in [-0.39, 0.29) is 17.1 Å². The maximum absolute atomic E-state index is 13.9. The van der Waals surface area contributed by atoms with Crippen molar-refractivity contribution in [1.82, 2.24) is 14.8 Å². The normalized spacial score (nSPS) is 15.5. The van der Waals surface area contributed by atoms with Gasteiger partial charge in [0.25, 0.3) is 5.91 Å². The van der Waals surface area contributed by atoms with Crippen LogP contribution in [0.25, 0.3) is 0 Å². The van der Waals surface area contributed by atoms with E-state index in [2.05, 4.69) is 20.7 Å². The fourth-order valence-corrected chi connectivity index (χ4v) is 3.77. The fourth-order valence-electron chi connectivity index (χ4n) is 3.77. The molecule has 2 aromatic carbocycles. The number of alkyl halides is 3. The molecule has 0 fully saturated rings. The highest BCUT2D eigenvalue weighted by Crippen LogP contribution is 2.42. The van der Waals surface area contributed by atoms with Gasteiger partial charge in [-0.05, 0) is 30.7 Å². The number of allylic oxidation sites excluding steroid dienone is 1. The third kappa shape index (κ3) is 4.09. The molecular formula is C22H20F3N5O3. The molecule has 33 heavy (non-hydrogen) atoms. The first-order chi connectivity index (χ1) is 15.7. The third-order valence-electron chi connectivity index (χ3n) is 5.25. The van der Waals surface area contributed by atoms with E-state index in [0.717, 1.165) is 6.07 Å². The maximum Gasteiger partial charge on any atom is 0.416 e. The zero-order chi connectivity index (χ0) is 23.8. The molecule has 4 rings (SSSR count). The largest absolute Gasteiger partial charge is 0.497 e. The third-order valence-corrected chi connectivity index (χ3v) is 5.25. The average molecular weight is 459 g/mol. The van der Waals surface area contributed by atoms with Gasteiger partial charge in [0, 0.05) is 11.8 Å². The number of rotatable bonds is 5. The van der Waals surface area contributed by atoms with Crippen LogP contribution in [0.3, 0.4) is 0 Å². The fraction of sp³-hybridized carbons (Fsp3) is 0.227. The lowest BCUT2D eigenvalue weighted by Crippen LogP contribution is -2.32. The number of fused-ring (bicyclic) bond motifs is 1. The minimum absolute atomic E-state index is 0.0505. The Morgan fingerprint density at radius 3 is 2.61 bits per heavy atom. The van der Waals surface area contributed by atoms with E-state index >= 15 is 0 Å². The number of ether oxygens (including phenoxy) is 2. The van der Waals surface area contributed by atoms with Gasteiger partial charge in [-0.25, -0.2) is 4.68 Å². The smallest absolute Gasteiger partial charge is 0.416 e. The van der Waals surface area contributed by atoms with E-state index in [9.17, 15) is 18.0 Å². The van der Waals surface area contributed by atoms with Crippen molar-refractivity contribution >= 4 is 17.5 Å². The molecular weight excluding hydrogens is 439 g/mol. The minimum Gasteiger partial charge on any atom is -0.497 e. The second-order valence-electron chi connectivity index (χ2n) is 7.20. The number of hydrogen-bond donors (Lipinski definition) is 2. The van der Waals surface area contributed by atoms with Crippen LogP contribution in [0.4, 0.5) is 24.8 Å². The van der Waals surface area contributed by atoms with Gasteiger partial charge in [0.15, 0.2) is 0 Å². The molecule has 1 aliphatic rings. The molecule has 2 heterocycles. The topological polar surface area (TPSA) is 90.3 Å². The van der Waals surface area contributed by atoms with Gasteiger partial charge in [-0.15, -0.1) is 0 Å². The number of nitrogens with one attached hydrogen (secondary N) is 2. The Morgan fingerprint density at radius 2 is 1.91 bits per heavy atom. The molecule has 0 aliphatic carbocycles. The Labute approximate surface area is 187 Å². The summed E-state index contributed by atoms with van der Waals surface area (Å²) in [7, 11) is 2.91. The summed E-state index contributed by atoms with van der Waals surface area (Å²) in [5, 5.41) is 9.76. The van der Waals surface area contributed by atoms with Gasteiger partial charge >= 0.3 is 6.18 Å². The average Bonchev–Trinajstić information content (AvgIpc) is 3.25. The number of carbonyl (C=O) groups excluding carboxylic acids is 1. The maximum atomic E-state index is 13.9. The van der Waals surface area contributed by atoms with Gasteiger partial charge in [-0.1, -0.05) is 18.2 Å². The number of nitrogens with zero attached hydrogens (tertiary/aromatic N) is 3. The first-order valence-electron chi connectivity index (χ1n) is 9.81. The van der Waals surface area contributed by atoms with Crippen molar-refractivity contribution in [3.63, 3.8) is 0 Å². The summed E-state index contributed by atoms with van der Waals surface area (Å²) in [6.07, 6.45) is -3.42. The van der Waals surface area contributed by atoms with Gasteiger partial charge in [0.05, 0.1) is 31.0 Å². The van der Waals surface area contributed by atoms with Crippen LogP contribution in [0.5, 0.6) is 11.5 Å². The quantitative estimate of drug-likeness (QED) is 0.593. The van der Waals surface area contributed by atoms with Crippen LogP contribution in [-0.2, 0) is 11.0 Å². The van der Waals surface area contributed by atoms with E-state index in [4.69, 9.17) is 9.47 Å². The van der Waals surface area contributed by atoms with E-state index < -0.39 is 23.7 Å². The van der Waals surface area contributed by atoms with Crippen LogP contribution in [0.15, 0.2) is 60.1 Å². The lowest BCUT2D eigenvalue weighted by atomic mass is 9.91. The lowest BCUT2D eigenvalue weighted by molar-refractivity contribution is -0.138. The van der Waals surface area contributed by atoms with Crippen molar-refractivity contribution in [3.8, 4) is 11.5 Å². The van der Waals surface area contributed by atoms with Gasteiger partial charge in [0.2, 0.25) is 5.95 Å². The molecule has 11 heteroatoms. The summed E-state index contributed by atoms with van der Waals surface area (Å²) in [5.41, 5.74) is -0.295. The number of benzene rings is 2. The SMILES string of the molecule is COc1ccc(OC)c(NC(=O)C2=C(C)Nc3ncnn3[C@H]2c2ccccc2C(F)(F)F)c1. The first kappa shape index (κ1) is 22.2. The van der Waals surface area contributed by atoms with Crippen molar-refractivity contribution in [2.24, 2.45) is 0 Å². The van der Waals surface area contributed by atoms with Gasteiger partial charge < -0.3 is 20.1 Å². The molecule has 8 nitrogen and oxygen atoms in total. The minimum atomic E-state index is -4.63. The summed E-state index contributed by atoms with van der Waals surface area (Å²) >= 11 is 0. The highest BCUT2D eigenvalue weighted by atomic mass is 19.4. The monoisotopic (exact) mass is 459 g/mol. The summed E-state index contributed by atoms with van der Waals surface area (Å²) in [6, 6.07) is 8.75. The van der Waals surface area contributed by atoms with E-state index in [1.807, 2.05) is 0 Å². The second-order valence-corrected chi connectivity index (χ2v) is 7.20. The van der Waals surface area contributed by atoms with Crippen molar-refractivity contribution in [2.45, 2.75) is 19.1 Å². The molecule has 0 radical (unpaired) electrons. The number of amides is 1. The van der Waals surface area contributed by atoms with Gasteiger partial charge in [-0.3, -0.25) is 4.79 Å². The molecule has 1 amide bonds. The van der Waals surface area contributed by atoms with Crippen molar-refractivity contribution < 1.29 is 27.4 Å². The lowest BCUT2D eigenvalue weighted by Gasteiger charge is -2.30. The number of carbonyl (C=O) groups is 1. The predicted octanol–water partition coefficient (Wildman–Crippen LogP) is 4.24. The van der Waals surface area contributed by atoms with Crippen LogP contribution >= 0.6 is 0 Å².